The van der Waals surface area contributed by atoms with E-state index in [1.54, 1.807) is 13.0 Å². The van der Waals surface area contributed by atoms with E-state index in [0.717, 1.165) is 12.1 Å². The van der Waals surface area contributed by atoms with Crippen molar-refractivity contribution >= 4 is 11.7 Å². The summed E-state index contributed by atoms with van der Waals surface area (Å²) in [4.78, 5) is 12.3. The molecule has 0 saturated heterocycles. The van der Waals surface area contributed by atoms with Crippen LogP contribution < -0.4 is 5.32 Å². The van der Waals surface area contributed by atoms with E-state index in [1.165, 1.54) is 41.1 Å². The van der Waals surface area contributed by atoms with Gasteiger partial charge >= 0.3 is 6.18 Å². The summed E-state index contributed by atoms with van der Waals surface area (Å²) in [5.74, 6) is -0.412. The topological polar surface area (TPSA) is 46.9 Å². The lowest BCUT2D eigenvalue weighted by Gasteiger charge is -2.10. The molecule has 0 unspecified atom stereocenters. The lowest BCUT2D eigenvalue weighted by molar-refractivity contribution is -0.137. The van der Waals surface area contributed by atoms with Crippen molar-refractivity contribution in [3.63, 3.8) is 0 Å². The van der Waals surface area contributed by atoms with E-state index < -0.39 is 23.5 Å². The average Bonchev–Trinajstić information content (AvgIpc) is 2.95. The highest BCUT2D eigenvalue weighted by molar-refractivity contribution is 5.91. The van der Waals surface area contributed by atoms with Crippen molar-refractivity contribution in [2.75, 3.05) is 5.32 Å². The van der Waals surface area contributed by atoms with Crippen LogP contribution in [0.15, 0.2) is 54.6 Å². The van der Waals surface area contributed by atoms with E-state index in [9.17, 15) is 22.4 Å². The van der Waals surface area contributed by atoms with Crippen molar-refractivity contribution in [1.82, 2.24) is 9.78 Å². The van der Waals surface area contributed by atoms with E-state index >= 15 is 0 Å². The highest BCUT2D eigenvalue weighted by atomic mass is 19.4. The van der Waals surface area contributed by atoms with Gasteiger partial charge in [0.25, 0.3) is 0 Å². The number of carbonyl (C=O) groups excluding carboxylic acids is 1. The van der Waals surface area contributed by atoms with Crippen LogP contribution in [0.3, 0.4) is 0 Å². The van der Waals surface area contributed by atoms with E-state index in [4.69, 9.17) is 0 Å². The molecule has 0 bridgehead atoms. The van der Waals surface area contributed by atoms with Crippen LogP contribution in [0.5, 0.6) is 0 Å². The summed E-state index contributed by atoms with van der Waals surface area (Å²) in [5.41, 5.74) is 0.889. The standard InChI is InChI=1S/C19H15F4N3O/c1-12-10-17(26(25-12)16-8-6-15(20)7-9-16)24-18(27)11-13-2-4-14(5-3-13)19(21,22)23/h2-10H,11H2,1H3,(H,24,27). The number of hydrogen-bond acceptors (Lipinski definition) is 2. The van der Waals surface area contributed by atoms with Gasteiger partial charge < -0.3 is 5.32 Å². The largest absolute Gasteiger partial charge is 0.416 e. The molecule has 27 heavy (non-hydrogen) atoms. The van der Waals surface area contributed by atoms with E-state index in [-0.39, 0.29) is 6.42 Å². The van der Waals surface area contributed by atoms with Crippen LogP contribution in [0, 0.1) is 12.7 Å². The number of nitrogens with zero attached hydrogens (tertiary/aromatic N) is 2. The molecule has 1 amide bonds. The van der Waals surface area contributed by atoms with Crippen LogP contribution in [-0.2, 0) is 17.4 Å². The molecule has 0 atom stereocenters. The number of nitrogens with one attached hydrogen (secondary N) is 1. The summed E-state index contributed by atoms with van der Waals surface area (Å²) in [6.45, 7) is 1.74. The van der Waals surface area contributed by atoms with Crippen LogP contribution in [0.4, 0.5) is 23.4 Å². The number of aryl methyl sites for hydroxylation is 1. The van der Waals surface area contributed by atoms with Gasteiger partial charge in [-0.2, -0.15) is 18.3 Å². The molecule has 140 valence electrons. The first-order valence-corrected chi connectivity index (χ1v) is 8.01. The maximum absolute atomic E-state index is 13.1. The number of hydrogen-bond donors (Lipinski definition) is 1. The third-order valence-electron chi connectivity index (χ3n) is 3.82. The van der Waals surface area contributed by atoms with Crippen molar-refractivity contribution < 1.29 is 22.4 Å². The van der Waals surface area contributed by atoms with Gasteiger partial charge in [-0.15, -0.1) is 0 Å². The van der Waals surface area contributed by atoms with Crippen LogP contribution in [0.25, 0.3) is 5.69 Å². The molecule has 3 rings (SSSR count). The minimum absolute atomic E-state index is 0.0915. The Morgan fingerprint density at radius 3 is 2.30 bits per heavy atom. The zero-order chi connectivity index (χ0) is 19.6. The molecule has 0 radical (unpaired) electrons. The maximum atomic E-state index is 13.1. The number of halogens is 4. The molecular formula is C19H15F4N3O. The zero-order valence-electron chi connectivity index (χ0n) is 14.2. The van der Waals surface area contributed by atoms with Gasteiger partial charge in [0.15, 0.2) is 0 Å². The fourth-order valence-electron chi connectivity index (χ4n) is 2.55. The fraction of sp³-hybridized carbons (Fsp3) is 0.158. The quantitative estimate of drug-likeness (QED) is 0.680. The highest BCUT2D eigenvalue weighted by Gasteiger charge is 2.30. The minimum atomic E-state index is -4.42. The maximum Gasteiger partial charge on any atom is 0.416 e. The van der Waals surface area contributed by atoms with Gasteiger partial charge in [-0.1, -0.05) is 12.1 Å². The van der Waals surface area contributed by atoms with E-state index in [2.05, 4.69) is 10.4 Å². The van der Waals surface area contributed by atoms with Crippen molar-refractivity contribution in [2.24, 2.45) is 0 Å². The first-order valence-electron chi connectivity index (χ1n) is 8.01. The lowest BCUT2D eigenvalue weighted by atomic mass is 10.1. The molecule has 1 aromatic heterocycles. The predicted molar refractivity (Wildman–Crippen MR) is 92.0 cm³/mol. The molecule has 0 aliphatic carbocycles. The second kappa shape index (κ2) is 7.22. The monoisotopic (exact) mass is 377 g/mol. The van der Waals surface area contributed by atoms with Gasteiger partial charge in [0.1, 0.15) is 11.6 Å². The van der Waals surface area contributed by atoms with Gasteiger partial charge in [0.05, 0.1) is 23.4 Å². The van der Waals surface area contributed by atoms with Crippen LogP contribution in [0.2, 0.25) is 0 Å². The van der Waals surface area contributed by atoms with Gasteiger partial charge in [-0.3, -0.25) is 4.79 Å². The fourth-order valence-corrected chi connectivity index (χ4v) is 2.55. The second-order valence-corrected chi connectivity index (χ2v) is 5.98. The number of alkyl halides is 3. The van der Waals surface area contributed by atoms with Crippen LogP contribution >= 0.6 is 0 Å². The number of benzene rings is 2. The van der Waals surface area contributed by atoms with Crippen molar-refractivity contribution in [1.29, 1.82) is 0 Å². The summed E-state index contributed by atoms with van der Waals surface area (Å²) >= 11 is 0. The average molecular weight is 377 g/mol. The van der Waals surface area contributed by atoms with Gasteiger partial charge in [-0.25, -0.2) is 9.07 Å². The summed E-state index contributed by atoms with van der Waals surface area (Å²) in [5, 5.41) is 6.95. The van der Waals surface area contributed by atoms with Gasteiger partial charge in [-0.05, 0) is 48.9 Å². The number of rotatable bonds is 4. The molecule has 0 aliphatic rings. The summed E-state index contributed by atoms with van der Waals surface area (Å²) in [6.07, 6.45) is -4.51. The Morgan fingerprint density at radius 2 is 1.70 bits per heavy atom. The highest BCUT2D eigenvalue weighted by Crippen LogP contribution is 2.29. The first kappa shape index (κ1) is 18.6. The number of amides is 1. The Balaban J connectivity index is 1.74. The lowest BCUT2D eigenvalue weighted by Crippen LogP contribution is -2.17. The van der Waals surface area contributed by atoms with E-state index in [1.807, 2.05) is 0 Å². The van der Waals surface area contributed by atoms with Gasteiger partial charge in [0, 0.05) is 6.07 Å². The molecule has 1 heterocycles. The minimum Gasteiger partial charge on any atom is -0.310 e. The smallest absolute Gasteiger partial charge is 0.310 e. The number of aromatic nitrogens is 2. The third-order valence-corrected chi connectivity index (χ3v) is 3.82. The second-order valence-electron chi connectivity index (χ2n) is 5.98. The van der Waals surface area contributed by atoms with E-state index in [0.29, 0.717) is 22.8 Å². The van der Waals surface area contributed by atoms with Crippen LogP contribution in [0.1, 0.15) is 16.8 Å². The summed E-state index contributed by atoms with van der Waals surface area (Å²) in [7, 11) is 0. The molecule has 1 N–H and O–H groups in total. The molecule has 8 heteroatoms. The zero-order valence-corrected chi connectivity index (χ0v) is 14.2. The Hall–Kier alpha value is -3.16. The van der Waals surface area contributed by atoms with Crippen molar-refractivity contribution in [3.05, 3.63) is 77.2 Å². The normalized spacial score (nSPS) is 11.4. The molecule has 2 aromatic carbocycles. The number of anilines is 1. The predicted octanol–water partition coefficient (Wildman–Crippen LogP) is 4.52. The Morgan fingerprint density at radius 1 is 1.07 bits per heavy atom. The summed E-state index contributed by atoms with van der Waals surface area (Å²) in [6, 6.07) is 11.7. The molecule has 3 aromatic rings. The Kier molecular flexibility index (Phi) is 4.98. The van der Waals surface area contributed by atoms with Crippen LogP contribution in [-0.4, -0.2) is 15.7 Å². The Labute approximate surface area is 152 Å². The van der Waals surface area contributed by atoms with Crippen molar-refractivity contribution in [3.8, 4) is 5.69 Å². The molecule has 0 spiro atoms. The molecule has 0 aliphatic heterocycles. The SMILES string of the molecule is Cc1cc(NC(=O)Cc2ccc(C(F)(F)F)cc2)n(-c2ccc(F)cc2)n1. The molecular weight excluding hydrogens is 362 g/mol. The Bertz CT molecular complexity index is 945. The molecule has 4 nitrogen and oxygen atoms in total. The van der Waals surface area contributed by atoms with Crippen molar-refractivity contribution in [2.45, 2.75) is 19.5 Å². The summed E-state index contributed by atoms with van der Waals surface area (Å²) < 4.78 is 52.3. The molecule has 0 fully saturated rings. The van der Waals surface area contributed by atoms with Gasteiger partial charge in [0.2, 0.25) is 5.91 Å². The molecule has 0 saturated carbocycles. The third kappa shape index (κ3) is 4.52. The number of carbonyl (C=O) groups is 1. The first-order chi connectivity index (χ1) is 12.7.